The van der Waals surface area contributed by atoms with Gasteiger partial charge >= 0.3 is 5.97 Å². The van der Waals surface area contributed by atoms with Crippen LogP contribution in [-0.2, 0) is 4.74 Å². The smallest absolute Gasteiger partial charge is 0.337 e. The lowest BCUT2D eigenvalue weighted by Crippen LogP contribution is -1.99. The molecule has 0 aliphatic heterocycles. The molecule has 3 heteroatoms. The summed E-state index contributed by atoms with van der Waals surface area (Å²) >= 11 is 0. The average Bonchev–Trinajstić information content (AvgIpc) is 2.05. The first kappa shape index (κ1) is 10.2. The number of benzene rings is 1. The molecule has 0 unspecified atom stereocenters. The molecule has 0 spiro atoms. The Bertz CT molecular complexity index is 221. The number of hydrogen-bond donors (Lipinski definition) is 0. The van der Waals surface area contributed by atoms with Crippen LogP contribution in [0.25, 0.3) is 0 Å². The Labute approximate surface area is 75.9 Å². The zero-order valence-electron chi connectivity index (χ0n) is 6.11. The number of hydrogen-bond acceptors (Lipinski definition) is 2. The van der Waals surface area contributed by atoms with E-state index >= 15 is 0 Å². The quantitative estimate of drug-likeness (QED) is 0.673. The Morgan fingerprint density at radius 3 is 2.27 bits per heavy atom. The Morgan fingerprint density at radius 1 is 1.27 bits per heavy atom. The van der Waals surface area contributed by atoms with Crippen molar-refractivity contribution in [1.29, 1.82) is 0 Å². The normalized spacial score (nSPS) is 8.09. The third-order valence-electron chi connectivity index (χ3n) is 1.19. The third-order valence-corrected chi connectivity index (χ3v) is 1.19. The van der Waals surface area contributed by atoms with E-state index in [9.17, 15) is 4.79 Å². The number of carbonyl (C=O) groups excluding carboxylic acids is 1. The van der Waals surface area contributed by atoms with Gasteiger partial charge in [-0.15, -0.1) is 17.0 Å². The maximum atomic E-state index is 10.8. The fraction of sp³-hybridized carbons (Fsp3) is 0.125. The van der Waals surface area contributed by atoms with Crippen LogP contribution in [0.3, 0.4) is 0 Å². The van der Waals surface area contributed by atoms with Crippen molar-refractivity contribution in [3.05, 3.63) is 35.9 Å². The molecule has 0 saturated heterocycles. The summed E-state index contributed by atoms with van der Waals surface area (Å²) in [6.45, 7) is 0. The predicted molar refractivity (Wildman–Crippen MR) is 48.1 cm³/mol. The van der Waals surface area contributed by atoms with Crippen molar-refractivity contribution in [3.8, 4) is 0 Å². The maximum absolute atomic E-state index is 10.8. The molecule has 0 radical (unpaired) electrons. The van der Waals surface area contributed by atoms with E-state index in [1.807, 2.05) is 6.07 Å². The van der Waals surface area contributed by atoms with E-state index in [0.29, 0.717) is 5.56 Å². The second-order valence-electron chi connectivity index (χ2n) is 1.86. The largest absolute Gasteiger partial charge is 0.465 e. The Kier molecular flexibility index (Phi) is 4.54. The highest BCUT2D eigenvalue weighted by Crippen LogP contribution is 1.98. The number of rotatable bonds is 1. The second-order valence-corrected chi connectivity index (χ2v) is 1.86. The van der Waals surface area contributed by atoms with Gasteiger partial charge in [-0.3, -0.25) is 0 Å². The van der Waals surface area contributed by atoms with Crippen molar-refractivity contribution in [2.24, 2.45) is 0 Å². The topological polar surface area (TPSA) is 26.3 Å². The van der Waals surface area contributed by atoms with Crippen molar-refractivity contribution < 1.29 is 9.53 Å². The monoisotopic (exact) mass is 216 g/mol. The van der Waals surface area contributed by atoms with Gasteiger partial charge < -0.3 is 4.74 Å². The molecule has 0 fully saturated rings. The van der Waals surface area contributed by atoms with Crippen LogP contribution >= 0.6 is 17.0 Å². The SMILES string of the molecule is Br.COC(=O)c1ccccc1. The van der Waals surface area contributed by atoms with Gasteiger partial charge in [-0.2, -0.15) is 0 Å². The molecule has 0 saturated carbocycles. The van der Waals surface area contributed by atoms with Crippen LogP contribution in [0.15, 0.2) is 30.3 Å². The molecule has 0 N–H and O–H groups in total. The lowest BCUT2D eigenvalue weighted by atomic mass is 10.2. The molecule has 0 bridgehead atoms. The van der Waals surface area contributed by atoms with Crippen molar-refractivity contribution in [2.75, 3.05) is 7.11 Å². The number of esters is 1. The molecule has 1 aromatic rings. The molecule has 1 aromatic carbocycles. The van der Waals surface area contributed by atoms with Crippen LogP contribution in [0, 0.1) is 0 Å². The van der Waals surface area contributed by atoms with Crippen molar-refractivity contribution in [1.82, 2.24) is 0 Å². The summed E-state index contributed by atoms with van der Waals surface area (Å²) < 4.78 is 4.50. The standard InChI is InChI=1S/C8H8O2.BrH/c1-10-8(9)7-5-3-2-4-6-7;/h2-6H,1H3;1H. The minimum atomic E-state index is -0.291. The summed E-state index contributed by atoms with van der Waals surface area (Å²) in [6.07, 6.45) is 0. The second kappa shape index (κ2) is 4.91. The summed E-state index contributed by atoms with van der Waals surface area (Å²) in [4.78, 5) is 10.8. The van der Waals surface area contributed by atoms with Gasteiger partial charge in [0.1, 0.15) is 0 Å². The minimum Gasteiger partial charge on any atom is -0.465 e. The van der Waals surface area contributed by atoms with E-state index < -0.39 is 0 Å². The van der Waals surface area contributed by atoms with Gasteiger partial charge in [0.25, 0.3) is 0 Å². The van der Waals surface area contributed by atoms with Crippen molar-refractivity contribution >= 4 is 23.0 Å². The molecule has 0 amide bonds. The van der Waals surface area contributed by atoms with E-state index in [1.54, 1.807) is 24.3 Å². The highest BCUT2D eigenvalue weighted by Gasteiger charge is 2.00. The fourth-order valence-corrected chi connectivity index (χ4v) is 0.692. The van der Waals surface area contributed by atoms with Crippen LogP contribution in [-0.4, -0.2) is 13.1 Å². The van der Waals surface area contributed by atoms with E-state index in [0.717, 1.165) is 0 Å². The van der Waals surface area contributed by atoms with Crippen molar-refractivity contribution in [3.63, 3.8) is 0 Å². The number of ether oxygens (including phenoxy) is 1. The molecule has 0 aliphatic rings. The zero-order valence-corrected chi connectivity index (χ0v) is 7.82. The van der Waals surface area contributed by atoms with Gasteiger partial charge in [-0.05, 0) is 12.1 Å². The Hall–Kier alpha value is -0.830. The van der Waals surface area contributed by atoms with Gasteiger partial charge in [0, 0.05) is 0 Å². The molecule has 2 nitrogen and oxygen atoms in total. The summed E-state index contributed by atoms with van der Waals surface area (Å²) in [5.74, 6) is -0.291. The molecule has 0 aliphatic carbocycles. The third kappa shape index (κ3) is 2.72. The number of halogens is 1. The van der Waals surface area contributed by atoms with Crippen LogP contribution < -0.4 is 0 Å². The first-order valence-corrected chi connectivity index (χ1v) is 2.98. The lowest BCUT2D eigenvalue weighted by Gasteiger charge is -1.95. The molecule has 0 atom stereocenters. The van der Waals surface area contributed by atoms with Crippen LogP contribution in [0.4, 0.5) is 0 Å². The molecular formula is C8H9BrO2. The molecule has 1 rings (SSSR count). The molecule has 11 heavy (non-hydrogen) atoms. The molecular weight excluding hydrogens is 208 g/mol. The van der Waals surface area contributed by atoms with E-state index in [-0.39, 0.29) is 23.0 Å². The summed E-state index contributed by atoms with van der Waals surface area (Å²) in [7, 11) is 1.37. The van der Waals surface area contributed by atoms with E-state index in [4.69, 9.17) is 0 Å². The zero-order chi connectivity index (χ0) is 7.40. The predicted octanol–water partition coefficient (Wildman–Crippen LogP) is 2.05. The van der Waals surface area contributed by atoms with Gasteiger partial charge in [-0.1, -0.05) is 18.2 Å². The lowest BCUT2D eigenvalue weighted by molar-refractivity contribution is 0.0601. The van der Waals surface area contributed by atoms with Gasteiger partial charge in [0.05, 0.1) is 12.7 Å². The van der Waals surface area contributed by atoms with Gasteiger partial charge in [-0.25, -0.2) is 4.79 Å². The Morgan fingerprint density at radius 2 is 1.82 bits per heavy atom. The van der Waals surface area contributed by atoms with Crippen LogP contribution in [0.2, 0.25) is 0 Å². The number of carbonyl (C=O) groups is 1. The molecule has 0 aromatic heterocycles. The van der Waals surface area contributed by atoms with E-state index in [2.05, 4.69) is 4.74 Å². The van der Waals surface area contributed by atoms with Gasteiger partial charge in [0.15, 0.2) is 0 Å². The van der Waals surface area contributed by atoms with Crippen LogP contribution in [0.1, 0.15) is 10.4 Å². The van der Waals surface area contributed by atoms with Crippen molar-refractivity contribution in [2.45, 2.75) is 0 Å². The summed E-state index contributed by atoms with van der Waals surface area (Å²) in [5.41, 5.74) is 0.588. The highest BCUT2D eigenvalue weighted by molar-refractivity contribution is 8.93. The maximum Gasteiger partial charge on any atom is 0.337 e. The Balaban J connectivity index is 0.000001000. The van der Waals surface area contributed by atoms with Crippen LogP contribution in [0.5, 0.6) is 0 Å². The first-order chi connectivity index (χ1) is 4.84. The van der Waals surface area contributed by atoms with Gasteiger partial charge in [0.2, 0.25) is 0 Å². The first-order valence-electron chi connectivity index (χ1n) is 2.98. The highest BCUT2D eigenvalue weighted by atomic mass is 79.9. The summed E-state index contributed by atoms with van der Waals surface area (Å²) in [5, 5.41) is 0. The summed E-state index contributed by atoms with van der Waals surface area (Å²) in [6, 6.07) is 8.88. The molecule has 0 heterocycles. The molecule has 60 valence electrons. The average molecular weight is 217 g/mol. The fourth-order valence-electron chi connectivity index (χ4n) is 0.692. The van der Waals surface area contributed by atoms with E-state index in [1.165, 1.54) is 7.11 Å². The number of methoxy groups -OCH3 is 1. The minimum absolute atomic E-state index is 0.